The van der Waals surface area contributed by atoms with Gasteiger partial charge < -0.3 is 14.8 Å². The van der Waals surface area contributed by atoms with Crippen LogP contribution in [0.3, 0.4) is 0 Å². The number of ether oxygens (including phenoxy) is 2. The van der Waals surface area contributed by atoms with Gasteiger partial charge in [0.15, 0.2) is 11.5 Å². The summed E-state index contributed by atoms with van der Waals surface area (Å²) in [4.78, 5) is 0. The van der Waals surface area contributed by atoms with Crippen LogP contribution in [-0.4, -0.2) is 28.7 Å². The summed E-state index contributed by atoms with van der Waals surface area (Å²) in [6.07, 6.45) is 0. The summed E-state index contributed by atoms with van der Waals surface area (Å²) in [5.74, 6) is 1.42. The van der Waals surface area contributed by atoms with Crippen molar-refractivity contribution in [3.8, 4) is 11.5 Å². The molecule has 0 heterocycles. The van der Waals surface area contributed by atoms with Crippen LogP contribution in [0, 0.1) is 0 Å². The van der Waals surface area contributed by atoms with Crippen molar-refractivity contribution < 1.29 is 17.9 Å². The SMILES string of the molecule is COc1cccc(CNCc2ccc(CS(=O)(=O)NC(C)C)cc2)c1OC. The molecule has 2 aromatic carbocycles. The molecule has 2 rings (SSSR count). The molecule has 0 bridgehead atoms. The molecule has 0 fully saturated rings. The highest BCUT2D eigenvalue weighted by Gasteiger charge is 2.13. The third-order valence-corrected chi connectivity index (χ3v) is 5.47. The van der Waals surface area contributed by atoms with Gasteiger partial charge in [-0.2, -0.15) is 0 Å². The molecular formula is C20H28N2O4S. The predicted octanol–water partition coefficient (Wildman–Crippen LogP) is 2.82. The van der Waals surface area contributed by atoms with Gasteiger partial charge in [0.2, 0.25) is 10.0 Å². The smallest absolute Gasteiger partial charge is 0.216 e. The van der Waals surface area contributed by atoms with Crippen molar-refractivity contribution in [1.82, 2.24) is 10.0 Å². The summed E-state index contributed by atoms with van der Waals surface area (Å²) in [6.45, 7) is 4.92. The zero-order chi connectivity index (χ0) is 19.9. The second-order valence-corrected chi connectivity index (χ2v) is 8.36. The Balaban J connectivity index is 1.93. The Morgan fingerprint density at radius 1 is 0.926 bits per heavy atom. The van der Waals surface area contributed by atoms with Crippen LogP contribution < -0.4 is 19.5 Å². The van der Waals surface area contributed by atoms with Crippen LogP contribution >= 0.6 is 0 Å². The number of rotatable bonds is 10. The summed E-state index contributed by atoms with van der Waals surface area (Å²) in [7, 11) is -0.0596. The topological polar surface area (TPSA) is 76.7 Å². The molecule has 2 aromatic rings. The van der Waals surface area contributed by atoms with E-state index in [9.17, 15) is 8.42 Å². The van der Waals surface area contributed by atoms with E-state index < -0.39 is 10.0 Å². The number of para-hydroxylation sites is 1. The minimum atomic E-state index is -3.31. The Morgan fingerprint density at radius 2 is 1.59 bits per heavy atom. The fourth-order valence-corrected chi connectivity index (χ4v) is 4.24. The molecule has 27 heavy (non-hydrogen) atoms. The van der Waals surface area contributed by atoms with Crippen LogP contribution in [0.1, 0.15) is 30.5 Å². The fourth-order valence-electron chi connectivity index (χ4n) is 2.81. The van der Waals surface area contributed by atoms with Crippen LogP contribution in [0.25, 0.3) is 0 Å². The molecule has 148 valence electrons. The molecule has 0 atom stereocenters. The van der Waals surface area contributed by atoms with Gasteiger partial charge >= 0.3 is 0 Å². The number of hydrogen-bond acceptors (Lipinski definition) is 5. The molecule has 2 N–H and O–H groups in total. The molecule has 0 radical (unpaired) electrons. The molecule has 7 heteroatoms. The van der Waals surface area contributed by atoms with Crippen molar-refractivity contribution in [1.29, 1.82) is 0 Å². The minimum Gasteiger partial charge on any atom is -0.493 e. The lowest BCUT2D eigenvalue weighted by Gasteiger charge is -2.13. The fraction of sp³-hybridized carbons (Fsp3) is 0.400. The van der Waals surface area contributed by atoms with E-state index in [0.29, 0.717) is 18.8 Å². The molecular weight excluding hydrogens is 364 g/mol. The van der Waals surface area contributed by atoms with E-state index >= 15 is 0 Å². The first-order valence-corrected chi connectivity index (χ1v) is 10.5. The monoisotopic (exact) mass is 392 g/mol. The highest BCUT2D eigenvalue weighted by Crippen LogP contribution is 2.30. The maximum absolute atomic E-state index is 12.0. The number of benzene rings is 2. The quantitative estimate of drug-likeness (QED) is 0.650. The van der Waals surface area contributed by atoms with Gasteiger partial charge in [0.1, 0.15) is 0 Å². The van der Waals surface area contributed by atoms with E-state index in [-0.39, 0.29) is 11.8 Å². The van der Waals surface area contributed by atoms with Gasteiger partial charge in [0.05, 0.1) is 20.0 Å². The highest BCUT2D eigenvalue weighted by atomic mass is 32.2. The first-order valence-electron chi connectivity index (χ1n) is 8.83. The predicted molar refractivity (Wildman–Crippen MR) is 107 cm³/mol. The standard InChI is InChI=1S/C20H28N2O4S/c1-15(2)22-27(23,24)14-17-10-8-16(9-11-17)12-21-13-18-6-5-7-19(25-3)20(18)26-4/h5-11,15,21-22H,12-14H2,1-4H3. The Kier molecular flexibility index (Phi) is 7.65. The van der Waals surface area contributed by atoms with E-state index in [1.165, 1.54) is 0 Å². The summed E-state index contributed by atoms with van der Waals surface area (Å²) >= 11 is 0. The Hall–Kier alpha value is -2.09. The second kappa shape index (κ2) is 9.73. The lowest BCUT2D eigenvalue weighted by atomic mass is 10.1. The average Bonchev–Trinajstić information content (AvgIpc) is 2.61. The maximum atomic E-state index is 12.0. The van der Waals surface area contributed by atoms with Crippen LogP contribution in [-0.2, 0) is 28.9 Å². The number of sulfonamides is 1. The molecule has 0 saturated heterocycles. The van der Waals surface area contributed by atoms with Gasteiger partial charge in [0.25, 0.3) is 0 Å². The lowest BCUT2D eigenvalue weighted by molar-refractivity contribution is 0.350. The van der Waals surface area contributed by atoms with E-state index in [4.69, 9.17) is 9.47 Å². The lowest BCUT2D eigenvalue weighted by Crippen LogP contribution is -2.31. The Morgan fingerprint density at radius 3 is 2.19 bits per heavy atom. The normalized spacial score (nSPS) is 11.6. The molecule has 0 aliphatic rings. The minimum absolute atomic E-state index is 0.0140. The van der Waals surface area contributed by atoms with Gasteiger partial charge in [-0.1, -0.05) is 36.4 Å². The third kappa shape index (κ3) is 6.53. The molecule has 0 unspecified atom stereocenters. The van der Waals surface area contributed by atoms with Crippen LogP contribution in [0.2, 0.25) is 0 Å². The van der Waals surface area contributed by atoms with E-state index in [2.05, 4.69) is 10.0 Å². The van der Waals surface area contributed by atoms with Crippen molar-refractivity contribution in [2.45, 2.75) is 38.7 Å². The van der Waals surface area contributed by atoms with Crippen molar-refractivity contribution in [3.63, 3.8) is 0 Å². The van der Waals surface area contributed by atoms with Gasteiger partial charge in [-0.3, -0.25) is 0 Å². The van der Waals surface area contributed by atoms with Gasteiger partial charge in [-0.15, -0.1) is 0 Å². The number of hydrogen-bond donors (Lipinski definition) is 2. The summed E-state index contributed by atoms with van der Waals surface area (Å²) < 4.78 is 37.3. The van der Waals surface area contributed by atoms with Crippen LogP contribution in [0.4, 0.5) is 0 Å². The summed E-state index contributed by atoms with van der Waals surface area (Å²) in [6, 6.07) is 13.3. The number of methoxy groups -OCH3 is 2. The zero-order valence-electron chi connectivity index (χ0n) is 16.3. The van der Waals surface area contributed by atoms with E-state index in [1.807, 2.05) is 56.3 Å². The first kappa shape index (κ1) is 21.2. The highest BCUT2D eigenvalue weighted by molar-refractivity contribution is 7.88. The molecule has 0 spiro atoms. The van der Waals surface area contributed by atoms with E-state index in [0.717, 1.165) is 22.4 Å². The second-order valence-electron chi connectivity index (χ2n) is 6.60. The molecule has 0 aliphatic heterocycles. The van der Waals surface area contributed by atoms with E-state index in [1.54, 1.807) is 14.2 Å². The summed E-state index contributed by atoms with van der Waals surface area (Å²) in [5.41, 5.74) is 2.86. The van der Waals surface area contributed by atoms with Crippen molar-refractivity contribution >= 4 is 10.0 Å². The molecule has 0 aromatic heterocycles. The largest absolute Gasteiger partial charge is 0.493 e. The molecule has 0 saturated carbocycles. The third-order valence-electron chi connectivity index (χ3n) is 3.92. The molecule has 6 nitrogen and oxygen atoms in total. The van der Waals surface area contributed by atoms with Crippen molar-refractivity contribution in [3.05, 3.63) is 59.2 Å². The zero-order valence-corrected chi connectivity index (χ0v) is 17.1. The maximum Gasteiger partial charge on any atom is 0.216 e. The van der Waals surface area contributed by atoms with Gasteiger partial charge in [-0.05, 0) is 31.0 Å². The summed E-state index contributed by atoms with van der Waals surface area (Å²) in [5, 5.41) is 3.37. The van der Waals surface area contributed by atoms with Crippen LogP contribution in [0.5, 0.6) is 11.5 Å². The molecule has 0 aliphatic carbocycles. The Bertz CT molecular complexity index is 834. The molecule has 0 amide bonds. The van der Waals surface area contributed by atoms with Crippen molar-refractivity contribution in [2.75, 3.05) is 14.2 Å². The first-order chi connectivity index (χ1) is 12.8. The van der Waals surface area contributed by atoms with Crippen molar-refractivity contribution in [2.24, 2.45) is 0 Å². The average molecular weight is 393 g/mol. The van der Waals surface area contributed by atoms with Gasteiger partial charge in [-0.25, -0.2) is 13.1 Å². The van der Waals surface area contributed by atoms with Crippen LogP contribution in [0.15, 0.2) is 42.5 Å². The van der Waals surface area contributed by atoms with Gasteiger partial charge in [0, 0.05) is 24.7 Å². The number of nitrogens with one attached hydrogen (secondary N) is 2. The Labute approximate surface area is 161 Å².